The number of nitrogens with one attached hydrogen (secondary N) is 2. The second-order valence-corrected chi connectivity index (χ2v) is 9.24. The summed E-state index contributed by atoms with van der Waals surface area (Å²) < 4.78 is 5.69. The van der Waals surface area contributed by atoms with E-state index >= 15 is 0 Å². The lowest BCUT2D eigenvalue weighted by Crippen LogP contribution is -2.48. The van der Waals surface area contributed by atoms with E-state index in [9.17, 15) is 14.4 Å². The Bertz CT molecular complexity index is 898. The van der Waals surface area contributed by atoms with Gasteiger partial charge in [-0.2, -0.15) is 0 Å². The number of hydrogen-bond acceptors (Lipinski definition) is 6. The van der Waals surface area contributed by atoms with Crippen LogP contribution in [0.5, 0.6) is 5.75 Å². The van der Waals surface area contributed by atoms with Crippen molar-refractivity contribution in [1.82, 2.24) is 10.3 Å². The smallest absolute Gasteiger partial charge is 0.240 e. The Kier molecular flexibility index (Phi) is 10.3. The van der Waals surface area contributed by atoms with Crippen LogP contribution >= 0.6 is 11.3 Å². The highest BCUT2D eigenvalue weighted by Crippen LogP contribution is 2.21. The summed E-state index contributed by atoms with van der Waals surface area (Å²) in [6.45, 7) is 8.44. The van der Waals surface area contributed by atoms with E-state index in [0.29, 0.717) is 23.2 Å². The highest BCUT2D eigenvalue weighted by Gasteiger charge is 2.24. The molecule has 2 aromatic rings. The number of rotatable bonds is 13. The standard InChI is InChI=1S/C24H34N4O4S/c1-5-7-15-32-19-10-8-18(9-11-19)28(17-21(30)27-24(3,4)6-2)22(31)13-12-20(29)26-23-25-14-16-33-23/h8-11,14,16H,5-7,12-13,15,17H2,1-4H3,(H,27,30)(H,25,26,29). The molecule has 33 heavy (non-hydrogen) atoms. The first-order chi connectivity index (χ1) is 15.7. The Hall–Kier alpha value is -2.94. The molecule has 0 aliphatic heterocycles. The monoisotopic (exact) mass is 474 g/mol. The van der Waals surface area contributed by atoms with Gasteiger partial charge in [-0.1, -0.05) is 20.3 Å². The van der Waals surface area contributed by atoms with Crippen LogP contribution in [0, 0.1) is 0 Å². The molecule has 0 unspecified atom stereocenters. The van der Waals surface area contributed by atoms with Crippen LogP contribution in [0.15, 0.2) is 35.8 Å². The fraction of sp³-hybridized carbons (Fsp3) is 0.500. The van der Waals surface area contributed by atoms with Crippen molar-refractivity contribution < 1.29 is 19.1 Å². The van der Waals surface area contributed by atoms with Crippen LogP contribution in [0.4, 0.5) is 10.8 Å². The zero-order chi connectivity index (χ0) is 24.3. The summed E-state index contributed by atoms with van der Waals surface area (Å²) in [4.78, 5) is 43.3. The van der Waals surface area contributed by atoms with Gasteiger partial charge in [0.05, 0.1) is 6.61 Å². The summed E-state index contributed by atoms with van der Waals surface area (Å²) in [5.41, 5.74) is 0.198. The van der Waals surface area contributed by atoms with E-state index in [1.54, 1.807) is 35.8 Å². The Labute approximate surface area is 199 Å². The maximum absolute atomic E-state index is 13.0. The van der Waals surface area contributed by atoms with Crippen molar-refractivity contribution in [2.45, 2.75) is 65.3 Å². The van der Waals surface area contributed by atoms with E-state index in [-0.39, 0.29) is 42.6 Å². The Morgan fingerprint density at radius 1 is 1.09 bits per heavy atom. The lowest BCUT2D eigenvalue weighted by atomic mass is 10.0. The van der Waals surface area contributed by atoms with Crippen molar-refractivity contribution >= 4 is 39.9 Å². The van der Waals surface area contributed by atoms with E-state index in [4.69, 9.17) is 4.74 Å². The van der Waals surface area contributed by atoms with Crippen LogP contribution in [-0.2, 0) is 14.4 Å². The minimum atomic E-state index is -0.379. The lowest BCUT2D eigenvalue weighted by molar-refractivity contribution is -0.125. The Balaban J connectivity index is 2.07. The van der Waals surface area contributed by atoms with Gasteiger partial charge in [0.25, 0.3) is 0 Å². The highest BCUT2D eigenvalue weighted by atomic mass is 32.1. The molecule has 0 aliphatic carbocycles. The molecule has 2 N–H and O–H groups in total. The molecule has 2 rings (SSSR count). The minimum absolute atomic E-state index is 0.00476. The lowest BCUT2D eigenvalue weighted by Gasteiger charge is -2.28. The zero-order valence-electron chi connectivity index (χ0n) is 19.8. The largest absolute Gasteiger partial charge is 0.494 e. The fourth-order valence-corrected chi connectivity index (χ4v) is 3.40. The van der Waals surface area contributed by atoms with Crippen molar-refractivity contribution in [2.75, 3.05) is 23.4 Å². The zero-order valence-corrected chi connectivity index (χ0v) is 20.7. The van der Waals surface area contributed by atoms with E-state index in [1.807, 2.05) is 20.8 Å². The molecule has 0 saturated heterocycles. The van der Waals surface area contributed by atoms with Gasteiger partial charge in [0.15, 0.2) is 5.13 Å². The second kappa shape index (κ2) is 12.9. The number of unbranched alkanes of at least 4 members (excludes halogenated alkanes) is 1. The molecule has 0 bridgehead atoms. The quantitative estimate of drug-likeness (QED) is 0.420. The molecule has 0 atom stereocenters. The maximum atomic E-state index is 13.0. The van der Waals surface area contributed by atoms with E-state index in [1.165, 1.54) is 16.2 Å². The number of thiazole rings is 1. The molecule has 0 spiro atoms. The van der Waals surface area contributed by atoms with Crippen LogP contribution in [0.2, 0.25) is 0 Å². The molecule has 0 fully saturated rings. The maximum Gasteiger partial charge on any atom is 0.240 e. The molecule has 3 amide bonds. The van der Waals surface area contributed by atoms with Gasteiger partial charge in [0.1, 0.15) is 12.3 Å². The molecular weight excluding hydrogens is 440 g/mol. The van der Waals surface area contributed by atoms with Crippen molar-refractivity contribution in [3.05, 3.63) is 35.8 Å². The number of benzene rings is 1. The summed E-state index contributed by atoms with van der Waals surface area (Å²) in [6.07, 6.45) is 4.32. The number of carbonyl (C=O) groups is 3. The van der Waals surface area contributed by atoms with Crippen molar-refractivity contribution in [3.8, 4) is 5.75 Å². The number of ether oxygens (including phenoxy) is 1. The molecule has 1 heterocycles. The minimum Gasteiger partial charge on any atom is -0.494 e. The molecule has 0 aliphatic rings. The third-order valence-electron chi connectivity index (χ3n) is 5.12. The molecule has 1 aromatic carbocycles. The van der Waals surface area contributed by atoms with Crippen molar-refractivity contribution in [1.29, 1.82) is 0 Å². The summed E-state index contributed by atoms with van der Waals surface area (Å²) in [6, 6.07) is 7.09. The van der Waals surface area contributed by atoms with Crippen LogP contribution < -0.4 is 20.3 Å². The summed E-state index contributed by atoms with van der Waals surface area (Å²) in [7, 11) is 0. The van der Waals surface area contributed by atoms with Crippen molar-refractivity contribution in [3.63, 3.8) is 0 Å². The Morgan fingerprint density at radius 2 is 1.82 bits per heavy atom. The molecule has 9 heteroatoms. The average Bonchev–Trinajstić information content (AvgIpc) is 3.29. The van der Waals surface area contributed by atoms with Crippen molar-refractivity contribution in [2.24, 2.45) is 0 Å². The normalized spacial score (nSPS) is 11.0. The number of nitrogens with zero attached hydrogens (tertiary/aromatic N) is 2. The van der Waals surface area contributed by atoms with Crippen LogP contribution in [0.1, 0.15) is 59.8 Å². The third kappa shape index (κ3) is 9.21. The predicted octanol–water partition coefficient (Wildman–Crippen LogP) is 4.38. The number of hydrogen-bond donors (Lipinski definition) is 2. The number of amides is 3. The van der Waals surface area contributed by atoms with E-state index in [2.05, 4.69) is 22.5 Å². The summed E-state index contributed by atoms with van der Waals surface area (Å²) >= 11 is 1.31. The average molecular weight is 475 g/mol. The predicted molar refractivity (Wildman–Crippen MR) is 132 cm³/mol. The molecule has 0 saturated carbocycles. The fourth-order valence-electron chi connectivity index (χ4n) is 2.85. The second-order valence-electron chi connectivity index (χ2n) is 8.35. The molecule has 180 valence electrons. The van der Waals surface area contributed by atoms with E-state index < -0.39 is 0 Å². The molecule has 0 radical (unpaired) electrons. The molecular formula is C24H34N4O4S. The van der Waals surface area contributed by atoms with Gasteiger partial charge in [0.2, 0.25) is 17.7 Å². The van der Waals surface area contributed by atoms with Crippen LogP contribution in [0.25, 0.3) is 0 Å². The van der Waals surface area contributed by atoms with Crippen LogP contribution in [-0.4, -0.2) is 41.4 Å². The van der Waals surface area contributed by atoms with Gasteiger partial charge in [-0.15, -0.1) is 11.3 Å². The van der Waals surface area contributed by atoms with Gasteiger partial charge in [-0.05, 0) is 51.0 Å². The van der Waals surface area contributed by atoms with Gasteiger partial charge < -0.3 is 20.3 Å². The highest BCUT2D eigenvalue weighted by molar-refractivity contribution is 7.13. The van der Waals surface area contributed by atoms with Gasteiger partial charge in [0, 0.05) is 35.6 Å². The summed E-state index contributed by atoms with van der Waals surface area (Å²) in [5.74, 6) is -0.160. The van der Waals surface area contributed by atoms with Crippen LogP contribution in [0.3, 0.4) is 0 Å². The summed E-state index contributed by atoms with van der Waals surface area (Å²) in [5, 5.41) is 7.88. The van der Waals surface area contributed by atoms with Gasteiger partial charge >= 0.3 is 0 Å². The van der Waals surface area contributed by atoms with Gasteiger partial charge in [-0.25, -0.2) is 4.98 Å². The molecule has 8 nitrogen and oxygen atoms in total. The first-order valence-corrected chi connectivity index (χ1v) is 12.2. The SMILES string of the molecule is CCCCOc1ccc(N(CC(=O)NC(C)(C)CC)C(=O)CCC(=O)Nc2nccs2)cc1. The topological polar surface area (TPSA) is 101 Å². The third-order valence-corrected chi connectivity index (χ3v) is 5.81. The number of carbonyl (C=O) groups excluding carboxylic acids is 3. The number of aromatic nitrogens is 1. The first kappa shape index (κ1) is 26.3. The van der Waals surface area contributed by atoms with E-state index in [0.717, 1.165) is 19.3 Å². The number of anilines is 2. The Morgan fingerprint density at radius 3 is 2.42 bits per heavy atom. The van der Waals surface area contributed by atoms with Gasteiger partial charge in [-0.3, -0.25) is 14.4 Å². The molecule has 1 aromatic heterocycles. The first-order valence-electron chi connectivity index (χ1n) is 11.3.